The van der Waals surface area contributed by atoms with Crippen molar-refractivity contribution >= 4 is 28.5 Å². The van der Waals surface area contributed by atoms with Gasteiger partial charge in [-0.15, -0.1) is 0 Å². The number of ether oxygens (including phenoxy) is 1. The smallest absolute Gasteiger partial charge is 0.260 e. The third kappa shape index (κ3) is 2.95. The van der Waals surface area contributed by atoms with Crippen molar-refractivity contribution < 1.29 is 19.1 Å². The Kier molecular flexibility index (Phi) is 3.87. The molecule has 2 aliphatic rings. The van der Waals surface area contributed by atoms with Crippen molar-refractivity contribution in [3.8, 4) is 5.75 Å². The highest BCUT2D eigenvalue weighted by Crippen LogP contribution is 2.23. The van der Waals surface area contributed by atoms with Crippen LogP contribution in [0.2, 0.25) is 0 Å². The van der Waals surface area contributed by atoms with Crippen LogP contribution in [0.5, 0.6) is 5.75 Å². The highest BCUT2D eigenvalue weighted by atomic mass is 16.5. The van der Waals surface area contributed by atoms with Crippen molar-refractivity contribution in [3.63, 3.8) is 0 Å². The fourth-order valence-electron chi connectivity index (χ4n) is 3.32. The largest absolute Gasteiger partial charge is 0.484 e. The maximum absolute atomic E-state index is 12.2. The second-order valence-electron chi connectivity index (χ2n) is 6.41. The molecule has 0 N–H and O–H groups in total. The van der Waals surface area contributed by atoms with Gasteiger partial charge in [0.2, 0.25) is 11.8 Å². The molecule has 2 heterocycles. The number of fused-ring (bicyclic) bond motifs is 1. The zero-order chi connectivity index (χ0) is 17.4. The van der Waals surface area contributed by atoms with Gasteiger partial charge in [-0.1, -0.05) is 30.3 Å². The number of nitrogens with zero attached hydrogens (tertiary/aromatic N) is 2. The second-order valence-corrected chi connectivity index (χ2v) is 6.41. The normalized spacial score (nSPS) is 17.9. The van der Waals surface area contributed by atoms with E-state index in [1.165, 1.54) is 4.90 Å². The summed E-state index contributed by atoms with van der Waals surface area (Å²) in [6, 6.07) is 13.5. The summed E-state index contributed by atoms with van der Waals surface area (Å²) < 4.78 is 5.60. The van der Waals surface area contributed by atoms with Crippen molar-refractivity contribution in [2.45, 2.75) is 18.9 Å². The summed E-state index contributed by atoms with van der Waals surface area (Å²) in [4.78, 5) is 38.5. The number of carbonyl (C=O) groups excluding carboxylic acids is 3. The molecule has 6 heteroatoms. The predicted octanol–water partition coefficient (Wildman–Crippen LogP) is 1.58. The van der Waals surface area contributed by atoms with Gasteiger partial charge in [0.25, 0.3) is 5.91 Å². The minimum Gasteiger partial charge on any atom is -0.484 e. The molecule has 0 aromatic heterocycles. The van der Waals surface area contributed by atoms with Gasteiger partial charge in [-0.05, 0) is 22.9 Å². The van der Waals surface area contributed by atoms with Crippen LogP contribution in [0.1, 0.15) is 12.8 Å². The molecule has 0 spiro atoms. The molecule has 0 aliphatic carbocycles. The van der Waals surface area contributed by atoms with Crippen LogP contribution in [0.25, 0.3) is 10.8 Å². The molecule has 128 valence electrons. The second kappa shape index (κ2) is 6.20. The van der Waals surface area contributed by atoms with E-state index in [1.54, 1.807) is 4.90 Å². The number of likely N-dealkylation sites (tertiary alicyclic amines) is 2. The molecule has 2 saturated heterocycles. The van der Waals surface area contributed by atoms with Crippen LogP contribution >= 0.6 is 0 Å². The van der Waals surface area contributed by atoms with Gasteiger partial charge in [0, 0.05) is 25.9 Å². The Morgan fingerprint density at radius 1 is 1.00 bits per heavy atom. The van der Waals surface area contributed by atoms with E-state index in [2.05, 4.69) is 0 Å². The molecular weight excluding hydrogens is 320 g/mol. The van der Waals surface area contributed by atoms with Crippen LogP contribution in [-0.2, 0) is 14.4 Å². The zero-order valence-corrected chi connectivity index (χ0v) is 13.7. The number of benzene rings is 2. The molecule has 6 nitrogen and oxygen atoms in total. The average molecular weight is 338 g/mol. The number of amides is 3. The van der Waals surface area contributed by atoms with Crippen molar-refractivity contribution in [3.05, 3.63) is 42.5 Å². The van der Waals surface area contributed by atoms with Crippen LogP contribution in [0, 0.1) is 0 Å². The number of hydrogen-bond donors (Lipinski definition) is 0. The van der Waals surface area contributed by atoms with Gasteiger partial charge in [-0.25, -0.2) is 0 Å². The third-order valence-corrected chi connectivity index (χ3v) is 4.75. The first-order valence-electron chi connectivity index (χ1n) is 8.36. The van der Waals surface area contributed by atoms with E-state index in [1.807, 2.05) is 42.5 Å². The molecule has 3 amide bonds. The third-order valence-electron chi connectivity index (χ3n) is 4.75. The van der Waals surface area contributed by atoms with E-state index >= 15 is 0 Å². The van der Waals surface area contributed by atoms with Crippen LogP contribution in [-0.4, -0.2) is 53.3 Å². The summed E-state index contributed by atoms with van der Waals surface area (Å²) in [5.74, 6) is 0.251. The average Bonchev–Trinajstić information content (AvgIpc) is 2.91. The topological polar surface area (TPSA) is 66.9 Å². The Morgan fingerprint density at radius 2 is 1.68 bits per heavy atom. The van der Waals surface area contributed by atoms with Gasteiger partial charge in [0.05, 0.1) is 6.04 Å². The van der Waals surface area contributed by atoms with Crippen molar-refractivity contribution in [2.75, 3.05) is 19.7 Å². The molecule has 0 radical (unpaired) electrons. The summed E-state index contributed by atoms with van der Waals surface area (Å²) in [5, 5.41) is 2.18. The lowest BCUT2D eigenvalue weighted by Crippen LogP contribution is -2.62. The molecule has 2 aromatic carbocycles. The lowest BCUT2D eigenvalue weighted by Gasteiger charge is -2.42. The molecule has 2 fully saturated rings. The molecule has 0 atom stereocenters. The van der Waals surface area contributed by atoms with Gasteiger partial charge in [0.1, 0.15) is 5.75 Å². The van der Waals surface area contributed by atoms with Crippen molar-refractivity contribution in [1.82, 2.24) is 9.80 Å². The predicted molar refractivity (Wildman–Crippen MR) is 90.9 cm³/mol. The number of rotatable bonds is 4. The standard InChI is InChI=1S/C19H18N2O4/c22-17-7-8-18(23)21(17)15-10-20(11-15)19(24)12-25-16-6-5-13-3-1-2-4-14(13)9-16/h1-6,9,15H,7-8,10-12H2. The maximum atomic E-state index is 12.2. The minimum atomic E-state index is -0.174. The fourth-order valence-corrected chi connectivity index (χ4v) is 3.32. The van der Waals surface area contributed by atoms with Gasteiger partial charge in [-0.3, -0.25) is 19.3 Å². The number of imide groups is 1. The van der Waals surface area contributed by atoms with Crippen LogP contribution in [0.4, 0.5) is 0 Å². The van der Waals surface area contributed by atoms with Gasteiger partial charge >= 0.3 is 0 Å². The fraction of sp³-hybridized carbons (Fsp3) is 0.316. The first kappa shape index (κ1) is 15.6. The van der Waals surface area contributed by atoms with Gasteiger partial charge < -0.3 is 9.64 Å². The summed E-state index contributed by atoms with van der Waals surface area (Å²) in [5.41, 5.74) is 0. The summed E-state index contributed by atoms with van der Waals surface area (Å²) in [6.45, 7) is 0.752. The molecule has 0 bridgehead atoms. The monoisotopic (exact) mass is 338 g/mol. The highest BCUT2D eigenvalue weighted by molar-refractivity contribution is 6.02. The quantitative estimate of drug-likeness (QED) is 0.794. The zero-order valence-electron chi connectivity index (χ0n) is 13.7. The number of carbonyl (C=O) groups is 3. The number of hydrogen-bond acceptors (Lipinski definition) is 4. The first-order chi connectivity index (χ1) is 12.1. The Bertz CT molecular complexity index is 841. The molecule has 0 saturated carbocycles. The van der Waals surface area contributed by atoms with Crippen molar-refractivity contribution in [2.24, 2.45) is 0 Å². The Labute approximate surface area is 145 Å². The Balaban J connectivity index is 1.31. The van der Waals surface area contributed by atoms with Gasteiger partial charge in [0.15, 0.2) is 6.61 Å². The lowest BCUT2D eigenvalue weighted by atomic mass is 10.1. The molecule has 4 rings (SSSR count). The highest BCUT2D eigenvalue weighted by Gasteiger charge is 2.42. The summed E-state index contributed by atoms with van der Waals surface area (Å²) >= 11 is 0. The summed E-state index contributed by atoms with van der Waals surface area (Å²) in [6.07, 6.45) is 0.572. The van der Waals surface area contributed by atoms with E-state index in [0.29, 0.717) is 18.8 Å². The van der Waals surface area contributed by atoms with Crippen LogP contribution in [0.15, 0.2) is 42.5 Å². The van der Waals surface area contributed by atoms with Crippen LogP contribution in [0.3, 0.4) is 0 Å². The van der Waals surface area contributed by atoms with E-state index < -0.39 is 0 Å². The van der Waals surface area contributed by atoms with E-state index in [0.717, 1.165) is 10.8 Å². The van der Waals surface area contributed by atoms with Crippen LogP contribution < -0.4 is 4.74 Å². The van der Waals surface area contributed by atoms with E-state index in [4.69, 9.17) is 4.74 Å². The molecule has 2 aliphatic heterocycles. The summed E-state index contributed by atoms with van der Waals surface area (Å²) in [7, 11) is 0. The first-order valence-corrected chi connectivity index (χ1v) is 8.36. The van der Waals surface area contributed by atoms with Crippen molar-refractivity contribution in [1.29, 1.82) is 0 Å². The Morgan fingerprint density at radius 3 is 2.40 bits per heavy atom. The molecule has 25 heavy (non-hydrogen) atoms. The SMILES string of the molecule is O=C(COc1ccc2ccccc2c1)N1CC(N2C(=O)CCC2=O)C1. The lowest BCUT2D eigenvalue weighted by molar-refractivity contribution is -0.152. The Hall–Kier alpha value is -2.89. The molecule has 0 unspecified atom stereocenters. The van der Waals surface area contributed by atoms with E-state index in [-0.39, 0.29) is 43.2 Å². The minimum absolute atomic E-state index is 0.0487. The molecule has 2 aromatic rings. The molecular formula is C19H18N2O4. The van der Waals surface area contributed by atoms with E-state index in [9.17, 15) is 14.4 Å². The maximum Gasteiger partial charge on any atom is 0.260 e. The van der Waals surface area contributed by atoms with Gasteiger partial charge in [-0.2, -0.15) is 0 Å².